The number of ether oxygens (including phenoxy) is 1. The molecule has 3 rings (SSSR count). The molecule has 0 aliphatic carbocycles. The number of thiophene rings is 1. The number of nitrogens with two attached hydrogens (primary N) is 1. The van der Waals surface area contributed by atoms with Gasteiger partial charge in [0.15, 0.2) is 5.96 Å². The molecule has 2 N–H and O–H groups in total. The molecular formula is C18H31IN4OS. The molecule has 7 heteroatoms. The Morgan fingerprint density at radius 3 is 2.92 bits per heavy atom. The number of aliphatic imine (C=N–C) groups is 1. The van der Waals surface area contributed by atoms with E-state index in [4.69, 9.17) is 15.5 Å². The van der Waals surface area contributed by atoms with Crippen molar-refractivity contribution < 1.29 is 4.74 Å². The number of likely N-dealkylation sites (tertiary alicyclic amines) is 1. The van der Waals surface area contributed by atoms with Crippen molar-refractivity contribution in [2.45, 2.75) is 38.8 Å². The van der Waals surface area contributed by atoms with E-state index >= 15 is 0 Å². The van der Waals surface area contributed by atoms with Gasteiger partial charge in [-0.1, -0.05) is 13.0 Å². The number of rotatable bonds is 4. The molecule has 2 aliphatic heterocycles. The van der Waals surface area contributed by atoms with E-state index in [0.29, 0.717) is 17.9 Å². The molecule has 0 radical (unpaired) electrons. The topological polar surface area (TPSA) is 54.1 Å². The van der Waals surface area contributed by atoms with Gasteiger partial charge in [0, 0.05) is 31.1 Å². The second-order valence-corrected chi connectivity index (χ2v) is 8.08. The van der Waals surface area contributed by atoms with E-state index in [1.165, 1.54) is 17.7 Å². The van der Waals surface area contributed by atoms with Crippen LogP contribution >= 0.6 is 35.3 Å². The molecule has 1 aromatic rings. The zero-order valence-electron chi connectivity index (χ0n) is 15.3. The minimum Gasteiger partial charge on any atom is -0.376 e. The van der Waals surface area contributed by atoms with Gasteiger partial charge >= 0.3 is 0 Å². The van der Waals surface area contributed by atoms with Gasteiger partial charge in [-0.2, -0.15) is 0 Å². The summed E-state index contributed by atoms with van der Waals surface area (Å²) in [7, 11) is 0. The van der Waals surface area contributed by atoms with Gasteiger partial charge in [0.2, 0.25) is 0 Å². The lowest BCUT2D eigenvalue weighted by molar-refractivity contribution is -0.0327. The number of morpholine rings is 1. The predicted octanol–water partition coefficient (Wildman–Crippen LogP) is 3.17. The Balaban J connectivity index is 0.00000225. The third-order valence-electron chi connectivity index (χ3n) is 4.99. The third-order valence-corrected chi connectivity index (χ3v) is 5.97. The molecule has 2 aliphatic rings. The quantitative estimate of drug-likeness (QED) is 0.411. The maximum absolute atomic E-state index is 6.31. The lowest BCUT2D eigenvalue weighted by Gasteiger charge is -2.36. The SMILES string of the molecule is CC1CCCN(C(N)=NCC(c2cccs2)N2CCOC(C)C2)C1.I. The molecule has 0 amide bonds. The van der Waals surface area contributed by atoms with E-state index in [0.717, 1.165) is 39.3 Å². The summed E-state index contributed by atoms with van der Waals surface area (Å²) < 4.78 is 5.70. The molecule has 0 aromatic carbocycles. The van der Waals surface area contributed by atoms with Gasteiger partial charge in [-0.3, -0.25) is 9.89 Å². The van der Waals surface area contributed by atoms with Gasteiger partial charge in [0.05, 0.1) is 25.3 Å². The number of nitrogens with zero attached hydrogens (tertiary/aromatic N) is 3. The molecule has 5 nitrogen and oxygen atoms in total. The summed E-state index contributed by atoms with van der Waals surface area (Å²) in [6.07, 6.45) is 2.80. The van der Waals surface area contributed by atoms with E-state index < -0.39 is 0 Å². The second kappa shape index (κ2) is 10.1. The Hall–Kier alpha value is -0.380. The highest BCUT2D eigenvalue weighted by molar-refractivity contribution is 14.0. The van der Waals surface area contributed by atoms with Crippen LogP contribution in [-0.4, -0.2) is 61.2 Å². The third kappa shape index (κ3) is 5.80. The van der Waals surface area contributed by atoms with Gasteiger partial charge in [-0.15, -0.1) is 35.3 Å². The minimum atomic E-state index is 0. The molecule has 3 unspecified atom stereocenters. The van der Waals surface area contributed by atoms with Gasteiger partial charge in [0.1, 0.15) is 0 Å². The summed E-state index contributed by atoms with van der Waals surface area (Å²) in [6, 6.07) is 4.64. The van der Waals surface area contributed by atoms with Crippen LogP contribution in [0.4, 0.5) is 0 Å². The summed E-state index contributed by atoms with van der Waals surface area (Å²) in [5.74, 6) is 1.42. The maximum Gasteiger partial charge on any atom is 0.191 e. The normalized spacial score (nSPS) is 27.0. The minimum absolute atomic E-state index is 0. The van der Waals surface area contributed by atoms with Crippen molar-refractivity contribution in [1.29, 1.82) is 0 Å². The zero-order chi connectivity index (χ0) is 16.9. The van der Waals surface area contributed by atoms with E-state index in [1.807, 2.05) is 11.3 Å². The van der Waals surface area contributed by atoms with Crippen molar-refractivity contribution in [3.8, 4) is 0 Å². The van der Waals surface area contributed by atoms with Crippen LogP contribution in [0.25, 0.3) is 0 Å². The highest BCUT2D eigenvalue weighted by atomic mass is 127. The van der Waals surface area contributed by atoms with Crippen molar-refractivity contribution >= 4 is 41.3 Å². The monoisotopic (exact) mass is 478 g/mol. The van der Waals surface area contributed by atoms with Crippen molar-refractivity contribution in [2.24, 2.45) is 16.6 Å². The smallest absolute Gasteiger partial charge is 0.191 e. The summed E-state index contributed by atoms with van der Waals surface area (Å²) >= 11 is 1.81. The van der Waals surface area contributed by atoms with Crippen molar-refractivity contribution in [1.82, 2.24) is 9.80 Å². The Labute approximate surface area is 172 Å². The predicted molar refractivity (Wildman–Crippen MR) is 116 cm³/mol. The summed E-state index contributed by atoms with van der Waals surface area (Å²) in [5.41, 5.74) is 6.31. The first kappa shape index (κ1) is 20.9. The van der Waals surface area contributed by atoms with E-state index in [9.17, 15) is 0 Å². The molecule has 142 valence electrons. The van der Waals surface area contributed by atoms with Crippen molar-refractivity contribution in [3.05, 3.63) is 22.4 Å². The average molecular weight is 478 g/mol. The van der Waals surface area contributed by atoms with Crippen LogP contribution in [0.5, 0.6) is 0 Å². The molecule has 0 saturated carbocycles. The van der Waals surface area contributed by atoms with Crippen LogP contribution in [-0.2, 0) is 4.74 Å². The van der Waals surface area contributed by atoms with Crippen LogP contribution < -0.4 is 5.73 Å². The van der Waals surface area contributed by atoms with Crippen molar-refractivity contribution in [3.63, 3.8) is 0 Å². The molecule has 0 spiro atoms. The fourth-order valence-electron chi connectivity index (χ4n) is 3.67. The molecule has 2 saturated heterocycles. The van der Waals surface area contributed by atoms with Gasteiger partial charge in [0.25, 0.3) is 0 Å². The van der Waals surface area contributed by atoms with Crippen LogP contribution in [0, 0.1) is 5.92 Å². The standard InChI is InChI=1S/C18H30N4OS.HI/c1-14-5-3-7-22(12-14)18(19)20-11-16(17-6-4-10-24-17)21-8-9-23-15(2)13-21;/h4,6,10,14-16H,3,5,7-9,11-13H2,1-2H3,(H2,19,20);1H. The number of hydrogen-bond acceptors (Lipinski definition) is 4. The molecular weight excluding hydrogens is 447 g/mol. The first-order valence-corrected chi connectivity index (χ1v) is 9.95. The van der Waals surface area contributed by atoms with Crippen molar-refractivity contribution in [2.75, 3.05) is 39.3 Å². The Morgan fingerprint density at radius 1 is 1.40 bits per heavy atom. The molecule has 25 heavy (non-hydrogen) atoms. The van der Waals surface area contributed by atoms with Gasteiger partial charge in [-0.25, -0.2) is 0 Å². The number of hydrogen-bond donors (Lipinski definition) is 1. The lowest BCUT2D eigenvalue weighted by atomic mass is 10.0. The van der Waals surface area contributed by atoms with Crippen LogP contribution in [0.3, 0.4) is 0 Å². The molecule has 0 bridgehead atoms. The summed E-state index contributed by atoms with van der Waals surface area (Å²) in [5, 5.41) is 2.14. The Kier molecular flexibility index (Phi) is 8.44. The summed E-state index contributed by atoms with van der Waals surface area (Å²) in [4.78, 5) is 10.9. The van der Waals surface area contributed by atoms with E-state index in [1.54, 1.807) is 0 Å². The lowest BCUT2D eigenvalue weighted by Crippen LogP contribution is -2.45. The maximum atomic E-state index is 6.31. The van der Waals surface area contributed by atoms with E-state index in [2.05, 4.69) is 41.2 Å². The number of halogens is 1. The zero-order valence-corrected chi connectivity index (χ0v) is 18.4. The van der Waals surface area contributed by atoms with Gasteiger partial charge in [-0.05, 0) is 37.1 Å². The molecule has 2 fully saturated rings. The fraction of sp³-hybridized carbons (Fsp3) is 0.722. The van der Waals surface area contributed by atoms with E-state index in [-0.39, 0.29) is 30.1 Å². The highest BCUT2D eigenvalue weighted by Gasteiger charge is 2.26. The molecule has 3 atom stereocenters. The molecule has 1 aromatic heterocycles. The van der Waals surface area contributed by atoms with Gasteiger partial charge < -0.3 is 15.4 Å². The fourth-order valence-corrected chi connectivity index (χ4v) is 4.52. The highest BCUT2D eigenvalue weighted by Crippen LogP contribution is 2.27. The number of guanidine groups is 1. The Morgan fingerprint density at radius 2 is 2.24 bits per heavy atom. The largest absolute Gasteiger partial charge is 0.376 e. The summed E-state index contributed by atoms with van der Waals surface area (Å²) in [6.45, 7) is 9.95. The second-order valence-electron chi connectivity index (χ2n) is 7.10. The number of piperidine rings is 1. The Bertz CT molecular complexity index is 539. The first-order valence-electron chi connectivity index (χ1n) is 9.07. The van der Waals surface area contributed by atoms with Crippen LogP contribution in [0.1, 0.15) is 37.6 Å². The van der Waals surface area contributed by atoms with Crippen LogP contribution in [0.15, 0.2) is 22.5 Å². The van der Waals surface area contributed by atoms with Crippen LogP contribution in [0.2, 0.25) is 0 Å². The average Bonchev–Trinajstić information content (AvgIpc) is 3.09. The first-order chi connectivity index (χ1) is 11.6. The molecule has 3 heterocycles.